The van der Waals surface area contributed by atoms with E-state index in [1.807, 2.05) is 0 Å². The normalized spacial score (nSPS) is 10.6. The van der Waals surface area contributed by atoms with E-state index in [-0.39, 0.29) is 23.3 Å². The number of unbranched alkanes of at least 4 members (excludes halogenated alkanes) is 1. The highest BCUT2D eigenvalue weighted by atomic mass is 32.2. The first-order valence-corrected chi connectivity index (χ1v) is 9.47. The fourth-order valence-electron chi connectivity index (χ4n) is 1.73. The van der Waals surface area contributed by atoms with Crippen molar-refractivity contribution in [1.29, 1.82) is 0 Å². The number of carbonyl (C=O) groups is 2. The van der Waals surface area contributed by atoms with E-state index in [9.17, 15) is 9.59 Å². The van der Waals surface area contributed by atoms with Gasteiger partial charge in [0, 0.05) is 12.5 Å². The molecule has 2 N–H and O–H groups in total. The Morgan fingerprint density at radius 3 is 2.67 bits per heavy atom. The molecule has 2 amide bonds. The second-order valence-corrected chi connectivity index (χ2v) is 7.06. The van der Waals surface area contributed by atoms with Gasteiger partial charge in [-0.1, -0.05) is 29.8 Å². The van der Waals surface area contributed by atoms with Gasteiger partial charge in [0.25, 0.3) is 0 Å². The van der Waals surface area contributed by atoms with Gasteiger partial charge in [0.2, 0.25) is 16.9 Å². The molecule has 0 radical (unpaired) electrons. The van der Waals surface area contributed by atoms with E-state index in [2.05, 4.69) is 32.9 Å². The Labute approximate surface area is 147 Å². The third-order valence-corrected chi connectivity index (χ3v) is 4.65. The molecule has 130 valence electrons. The van der Waals surface area contributed by atoms with Gasteiger partial charge in [-0.25, -0.2) is 0 Å². The maximum Gasteiger partial charge on any atom is 0.236 e. The monoisotopic (exact) mass is 369 g/mol. The van der Waals surface area contributed by atoms with Crippen molar-refractivity contribution in [2.24, 2.45) is 0 Å². The van der Waals surface area contributed by atoms with Crippen molar-refractivity contribution >= 4 is 45.9 Å². The highest BCUT2D eigenvalue weighted by molar-refractivity contribution is 8.00. The summed E-state index contributed by atoms with van der Waals surface area (Å²) in [5, 5.41) is 18.3. The van der Waals surface area contributed by atoms with Crippen LogP contribution in [-0.2, 0) is 16.0 Å². The molecule has 0 aliphatic rings. The predicted octanol–water partition coefficient (Wildman–Crippen LogP) is 2.49. The summed E-state index contributed by atoms with van der Waals surface area (Å²) >= 11 is 2.59. The zero-order valence-corrected chi connectivity index (χ0v) is 15.1. The molecular formula is C14H19N5O3S2. The number of aryl methyl sites for hydroxylation is 2. The van der Waals surface area contributed by atoms with E-state index in [0.29, 0.717) is 16.7 Å². The molecule has 8 nitrogen and oxygen atoms in total. The summed E-state index contributed by atoms with van der Waals surface area (Å²) in [4.78, 5) is 23.5. The first-order chi connectivity index (χ1) is 11.6. The lowest BCUT2D eigenvalue weighted by molar-refractivity contribution is -0.114. The molecular weight excluding hydrogens is 350 g/mol. The number of carbonyl (C=O) groups excluding carboxylic acids is 2. The predicted molar refractivity (Wildman–Crippen MR) is 94.3 cm³/mol. The van der Waals surface area contributed by atoms with Gasteiger partial charge in [-0.2, -0.15) is 0 Å². The first-order valence-electron chi connectivity index (χ1n) is 7.50. The van der Waals surface area contributed by atoms with Crippen molar-refractivity contribution in [3.05, 3.63) is 16.8 Å². The Morgan fingerprint density at radius 2 is 2.00 bits per heavy atom. The Balaban J connectivity index is 1.65. The summed E-state index contributed by atoms with van der Waals surface area (Å²) in [5.74, 6) is 0.859. The van der Waals surface area contributed by atoms with Crippen LogP contribution in [0.4, 0.5) is 10.9 Å². The van der Waals surface area contributed by atoms with Crippen LogP contribution in [0, 0.1) is 6.92 Å². The van der Waals surface area contributed by atoms with Gasteiger partial charge >= 0.3 is 0 Å². The van der Waals surface area contributed by atoms with Crippen molar-refractivity contribution in [3.8, 4) is 0 Å². The molecule has 0 aliphatic heterocycles. The van der Waals surface area contributed by atoms with Gasteiger partial charge in [-0.05, 0) is 13.3 Å². The van der Waals surface area contributed by atoms with Gasteiger partial charge in [-0.15, -0.1) is 22.0 Å². The van der Waals surface area contributed by atoms with E-state index < -0.39 is 0 Å². The lowest BCUT2D eigenvalue weighted by Crippen LogP contribution is -2.18. The third-order valence-electron chi connectivity index (χ3n) is 2.82. The number of nitrogens with zero attached hydrogens (tertiary/aromatic N) is 3. The van der Waals surface area contributed by atoms with Crippen molar-refractivity contribution in [2.75, 3.05) is 22.1 Å². The lowest BCUT2D eigenvalue weighted by Gasteiger charge is -2.02. The quantitative estimate of drug-likeness (QED) is 0.698. The SMILES string of the molecule is CCCCc1nnc(NC(=O)CSCC(=O)Nc2cc(C)on2)s1. The third kappa shape index (κ3) is 6.28. The Hall–Kier alpha value is -1.94. The summed E-state index contributed by atoms with van der Waals surface area (Å²) in [7, 11) is 0. The second kappa shape index (κ2) is 9.38. The molecule has 0 aliphatic carbocycles. The number of hydrogen-bond donors (Lipinski definition) is 2. The van der Waals surface area contributed by atoms with E-state index in [1.54, 1.807) is 13.0 Å². The molecule has 0 saturated heterocycles. The van der Waals surface area contributed by atoms with E-state index in [4.69, 9.17) is 4.52 Å². The summed E-state index contributed by atoms with van der Waals surface area (Å²) in [6.07, 6.45) is 3.02. The van der Waals surface area contributed by atoms with Crippen LogP contribution in [-0.4, -0.2) is 38.7 Å². The van der Waals surface area contributed by atoms with E-state index in [0.717, 1.165) is 24.3 Å². The smallest absolute Gasteiger partial charge is 0.236 e. The minimum atomic E-state index is -0.237. The van der Waals surface area contributed by atoms with Gasteiger partial charge in [0.15, 0.2) is 5.82 Å². The fraction of sp³-hybridized carbons (Fsp3) is 0.500. The number of hydrogen-bond acceptors (Lipinski definition) is 8. The second-order valence-electron chi connectivity index (χ2n) is 5.02. The molecule has 2 aromatic heterocycles. The van der Waals surface area contributed by atoms with Crippen molar-refractivity contribution in [3.63, 3.8) is 0 Å². The Kier molecular flexibility index (Phi) is 7.19. The van der Waals surface area contributed by atoms with Crippen LogP contribution in [0.3, 0.4) is 0 Å². The molecule has 0 atom stereocenters. The highest BCUT2D eigenvalue weighted by Gasteiger charge is 2.10. The minimum Gasteiger partial charge on any atom is -0.360 e. The molecule has 24 heavy (non-hydrogen) atoms. The van der Waals surface area contributed by atoms with Crippen LogP contribution in [0.25, 0.3) is 0 Å². The average molecular weight is 369 g/mol. The van der Waals surface area contributed by atoms with Crippen LogP contribution >= 0.6 is 23.1 Å². The zero-order chi connectivity index (χ0) is 17.4. The zero-order valence-electron chi connectivity index (χ0n) is 13.5. The Bertz CT molecular complexity index is 686. The van der Waals surface area contributed by atoms with E-state index >= 15 is 0 Å². The largest absolute Gasteiger partial charge is 0.360 e. The molecule has 2 heterocycles. The standard InChI is InChI=1S/C14H19N5O3S2/c1-3-4-5-13-17-18-14(24-13)16-12(21)8-23-7-11(20)15-10-6-9(2)22-19-10/h6H,3-5,7-8H2,1-2H3,(H,15,19,20)(H,16,18,21). The van der Waals surface area contributed by atoms with Crippen molar-refractivity contribution in [2.45, 2.75) is 33.1 Å². The van der Waals surface area contributed by atoms with Crippen LogP contribution < -0.4 is 10.6 Å². The summed E-state index contributed by atoms with van der Waals surface area (Å²) in [6, 6.07) is 1.63. The average Bonchev–Trinajstić information content (AvgIpc) is 3.14. The van der Waals surface area contributed by atoms with Crippen molar-refractivity contribution in [1.82, 2.24) is 15.4 Å². The minimum absolute atomic E-state index is 0.150. The number of aromatic nitrogens is 3. The number of thioether (sulfide) groups is 1. The molecule has 2 aromatic rings. The molecule has 10 heteroatoms. The first kappa shape index (κ1) is 18.4. The lowest BCUT2D eigenvalue weighted by atomic mass is 10.3. The fourth-order valence-corrected chi connectivity index (χ4v) is 3.14. The molecule has 0 saturated carbocycles. The van der Waals surface area contributed by atoms with Gasteiger partial charge in [-0.3, -0.25) is 14.9 Å². The molecule has 0 aromatic carbocycles. The van der Waals surface area contributed by atoms with Crippen LogP contribution in [0.1, 0.15) is 30.5 Å². The summed E-state index contributed by atoms with van der Waals surface area (Å²) in [6.45, 7) is 3.85. The summed E-state index contributed by atoms with van der Waals surface area (Å²) in [5.41, 5.74) is 0. The maximum atomic E-state index is 11.8. The molecule has 2 rings (SSSR count). The topological polar surface area (TPSA) is 110 Å². The van der Waals surface area contributed by atoms with Gasteiger partial charge in [0.05, 0.1) is 11.5 Å². The number of amides is 2. The number of rotatable bonds is 9. The summed E-state index contributed by atoms with van der Waals surface area (Å²) < 4.78 is 4.85. The number of anilines is 2. The Morgan fingerprint density at radius 1 is 1.25 bits per heavy atom. The molecule has 0 bridgehead atoms. The van der Waals surface area contributed by atoms with Crippen LogP contribution in [0.5, 0.6) is 0 Å². The maximum absolute atomic E-state index is 11.8. The van der Waals surface area contributed by atoms with Crippen LogP contribution in [0.15, 0.2) is 10.6 Å². The van der Waals surface area contributed by atoms with E-state index in [1.165, 1.54) is 23.1 Å². The van der Waals surface area contributed by atoms with Crippen LogP contribution in [0.2, 0.25) is 0 Å². The molecule has 0 spiro atoms. The van der Waals surface area contributed by atoms with Gasteiger partial charge in [0.1, 0.15) is 10.8 Å². The number of nitrogens with one attached hydrogen (secondary N) is 2. The molecule has 0 fully saturated rings. The molecule has 0 unspecified atom stereocenters. The van der Waals surface area contributed by atoms with Crippen molar-refractivity contribution < 1.29 is 14.1 Å². The highest BCUT2D eigenvalue weighted by Crippen LogP contribution is 2.17. The van der Waals surface area contributed by atoms with Gasteiger partial charge < -0.3 is 9.84 Å².